The van der Waals surface area contributed by atoms with Gasteiger partial charge in [-0.3, -0.25) is 19.5 Å². The van der Waals surface area contributed by atoms with Crippen LogP contribution in [0.3, 0.4) is 0 Å². The summed E-state index contributed by atoms with van der Waals surface area (Å²) < 4.78 is 1.77. The number of aryl methyl sites for hydroxylation is 1. The third-order valence-corrected chi connectivity index (χ3v) is 5.74. The molecule has 3 aromatic carbocycles. The number of nitrogens with zero attached hydrogens (tertiary/aromatic N) is 4. The highest BCUT2D eigenvalue weighted by atomic mass is 32.2. The van der Waals surface area contributed by atoms with Crippen LogP contribution in [-0.4, -0.2) is 36.5 Å². The van der Waals surface area contributed by atoms with Gasteiger partial charge in [0.15, 0.2) is 11.0 Å². The average molecular weight is 462 g/mol. The number of nitro groups is 1. The molecule has 9 nitrogen and oxygen atoms in total. The van der Waals surface area contributed by atoms with Gasteiger partial charge in [0.25, 0.3) is 5.69 Å². The summed E-state index contributed by atoms with van der Waals surface area (Å²) in [5, 5.41) is 33.1. The van der Waals surface area contributed by atoms with Crippen molar-refractivity contribution in [3.63, 3.8) is 0 Å². The summed E-state index contributed by atoms with van der Waals surface area (Å²) in [6.07, 6.45) is 0. The Balaban J connectivity index is 1.58. The largest absolute Gasteiger partial charge is 0.507 e. The fourth-order valence-electron chi connectivity index (χ4n) is 3.22. The standard InChI is InChI=1S/C23H19N5O4S/c1-15-11-12-16(13-19(15)28(31)32)24-21(30)14-33-23-26-25-22(18-9-5-6-10-20(18)29)27(23)17-7-3-2-4-8-17/h2-13,29H,14H2,1H3,(H,24,30). The van der Waals surface area contributed by atoms with E-state index in [2.05, 4.69) is 15.5 Å². The number of thioether (sulfide) groups is 1. The minimum Gasteiger partial charge on any atom is -0.507 e. The van der Waals surface area contributed by atoms with Crippen LogP contribution in [0.5, 0.6) is 5.75 Å². The normalized spacial score (nSPS) is 10.7. The van der Waals surface area contributed by atoms with Crippen LogP contribution < -0.4 is 5.32 Å². The number of phenolic OH excluding ortho intramolecular Hbond substituents is 1. The van der Waals surface area contributed by atoms with E-state index in [0.29, 0.717) is 27.8 Å². The van der Waals surface area contributed by atoms with Gasteiger partial charge < -0.3 is 10.4 Å². The predicted octanol–water partition coefficient (Wildman–Crippen LogP) is 4.59. The van der Waals surface area contributed by atoms with Gasteiger partial charge in [0.2, 0.25) is 5.91 Å². The summed E-state index contributed by atoms with van der Waals surface area (Å²) in [5.74, 6) is 0.173. The number of rotatable bonds is 7. The molecule has 0 saturated carbocycles. The number of anilines is 1. The Morgan fingerprint density at radius 2 is 1.82 bits per heavy atom. The van der Waals surface area contributed by atoms with Crippen molar-refractivity contribution in [2.45, 2.75) is 12.1 Å². The minimum atomic E-state index is -0.484. The Morgan fingerprint density at radius 3 is 2.55 bits per heavy atom. The van der Waals surface area contributed by atoms with Crippen molar-refractivity contribution >= 4 is 29.0 Å². The van der Waals surface area contributed by atoms with Crippen molar-refractivity contribution in [3.8, 4) is 22.8 Å². The van der Waals surface area contributed by atoms with E-state index < -0.39 is 4.92 Å². The van der Waals surface area contributed by atoms with Crippen molar-refractivity contribution < 1.29 is 14.8 Å². The number of para-hydroxylation sites is 2. The number of phenols is 1. The molecule has 4 rings (SSSR count). The second-order valence-corrected chi connectivity index (χ2v) is 8.03. The second kappa shape index (κ2) is 9.53. The van der Waals surface area contributed by atoms with Crippen LogP contribution in [-0.2, 0) is 4.79 Å². The number of amides is 1. The monoisotopic (exact) mass is 461 g/mol. The molecule has 4 aromatic rings. The predicted molar refractivity (Wildman–Crippen MR) is 126 cm³/mol. The van der Waals surface area contributed by atoms with Gasteiger partial charge in [0.1, 0.15) is 5.75 Å². The van der Waals surface area contributed by atoms with Gasteiger partial charge in [-0.15, -0.1) is 10.2 Å². The molecule has 1 heterocycles. The Hall–Kier alpha value is -4.18. The first-order valence-electron chi connectivity index (χ1n) is 9.91. The van der Waals surface area contributed by atoms with Gasteiger partial charge in [-0.1, -0.05) is 48.2 Å². The first kappa shape index (κ1) is 22.0. The molecule has 166 valence electrons. The van der Waals surface area contributed by atoms with Crippen molar-refractivity contribution in [1.82, 2.24) is 14.8 Å². The molecule has 0 aliphatic carbocycles. The number of nitro benzene ring substituents is 1. The molecule has 0 radical (unpaired) electrons. The number of carbonyl (C=O) groups is 1. The highest BCUT2D eigenvalue weighted by molar-refractivity contribution is 7.99. The lowest BCUT2D eigenvalue weighted by molar-refractivity contribution is -0.385. The van der Waals surface area contributed by atoms with Crippen LogP contribution in [0.25, 0.3) is 17.1 Å². The summed E-state index contributed by atoms with van der Waals surface area (Å²) in [7, 11) is 0. The fraction of sp³-hybridized carbons (Fsp3) is 0.0870. The highest BCUT2D eigenvalue weighted by Crippen LogP contribution is 2.32. The molecule has 0 spiro atoms. The van der Waals surface area contributed by atoms with Crippen LogP contribution in [0.4, 0.5) is 11.4 Å². The van der Waals surface area contributed by atoms with Crippen molar-refractivity contribution in [1.29, 1.82) is 0 Å². The number of aromatic hydroxyl groups is 1. The third-order valence-electron chi connectivity index (χ3n) is 4.81. The Kier molecular flexibility index (Phi) is 6.36. The number of hydrogen-bond donors (Lipinski definition) is 2. The number of carbonyl (C=O) groups excluding carboxylic acids is 1. The number of benzene rings is 3. The summed E-state index contributed by atoms with van der Waals surface area (Å²) in [6.45, 7) is 1.64. The van der Waals surface area contributed by atoms with E-state index in [-0.39, 0.29) is 23.1 Å². The summed E-state index contributed by atoms with van der Waals surface area (Å²) in [6, 6.07) is 20.7. The maximum Gasteiger partial charge on any atom is 0.274 e. The van der Waals surface area contributed by atoms with E-state index in [1.807, 2.05) is 30.3 Å². The molecule has 0 fully saturated rings. The second-order valence-electron chi connectivity index (χ2n) is 7.09. The number of hydrogen-bond acceptors (Lipinski definition) is 7. The summed E-state index contributed by atoms with van der Waals surface area (Å²) >= 11 is 1.17. The van der Waals surface area contributed by atoms with Gasteiger partial charge in [-0.05, 0) is 37.3 Å². The van der Waals surface area contributed by atoms with E-state index in [0.717, 1.165) is 5.69 Å². The van der Waals surface area contributed by atoms with Gasteiger partial charge in [-0.25, -0.2) is 0 Å². The molecular formula is C23H19N5O4S. The maximum absolute atomic E-state index is 12.5. The number of aromatic nitrogens is 3. The lowest BCUT2D eigenvalue weighted by Crippen LogP contribution is -2.14. The van der Waals surface area contributed by atoms with Crippen LogP contribution in [0.15, 0.2) is 78.0 Å². The zero-order valence-corrected chi connectivity index (χ0v) is 18.3. The van der Waals surface area contributed by atoms with E-state index >= 15 is 0 Å². The van der Waals surface area contributed by atoms with E-state index in [9.17, 15) is 20.0 Å². The lowest BCUT2D eigenvalue weighted by Gasteiger charge is -2.11. The van der Waals surface area contributed by atoms with Crippen molar-refractivity contribution in [2.75, 3.05) is 11.1 Å². The van der Waals surface area contributed by atoms with E-state index in [1.54, 1.807) is 47.9 Å². The van der Waals surface area contributed by atoms with Gasteiger partial charge in [-0.2, -0.15) is 0 Å². The number of nitrogens with one attached hydrogen (secondary N) is 1. The molecule has 0 aliphatic heterocycles. The Bertz CT molecular complexity index is 1320. The average Bonchev–Trinajstić information content (AvgIpc) is 3.23. The Labute approximate surface area is 193 Å². The topological polar surface area (TPSA) is 123 Å². The SMILES string of the molecule is Cc1ccc(NC(=O)CSc2nnc(-c3ccccc3O)n2-c2ccccc2)cc1[N+](=O)[O-]. The van der Waals surface area contributed by atoms with Crippen molar-refractivity contribution in [2.24, 2.45) is 0 Å². The first-order valence-corrected chi connectivity index (χ1v) is 10.9. The van der Waals surface area contributed by atoms with Crippen LogP contribution in [0, 0.1) is 17.0 Å². The quantitative estimate of drug-likeness (QED) is 0.234. The van der Waals surface area contributed by atoms with Gasteiger partial charge >= 0.3 is 0 Å². The zero-order chi connectivity index (χ0) is 23.4. The molecule has 0 bridgehead atoms. The minimum absolute atomic E-state index is 0.00735. The van der Waals surface area contributed by atoms with Crippen LogP contribution in [0.1, 0.15) is 5.56 Å². The first-order chi connectivity index (χ1) is 15.9. The molecule has 1 amide bonds. The summed E-state index contributed by atoms with van der Waals surface area (Å²) in [5.41, 5.74) is 2.09. The molecule has 0 aliphatic rings. The maximum atomic E-state index is 12.5. The van der Waals surface area contributed by atoms with Crippen LogP contribution >= 0.6 is 11.8 Å². The molecular weight excluding hydrogens is 442 g/mol. The summed E-state index contributed by atoms with van der Waals surface area (Å²) in [4.78, 5) is 23.2. The van der Waals surface area contributed by atoms with E-state index in [1.165, 1.54) is 17.8 Å². The molecule has 0 saturated heterocycles. The van der Waals surface area contributed by atoms with Gasteiger partial charge in [0.05, 0.1) is 16.2 Å². The zero-order valence-electron chi connectivity index (χ0n) is 17.5. The third kappa shape index (κ3) is 4.85. The molecule has 0 unspecified atom stereocenters. The lowest BCUT2D eigenvalue weighted by atomic mass is 10.2. The van der Waals surface area contributed by atoms with Crippen molar-refractivity contribution in [3.05, 3.63) is 88.5 Å². The van der Waals surface area contributed by atoms with Crippen LogP contribution in [0.2, 0.25) is 0 Å². The van der Waals surface area contributed by atoms with E-state index in [4.69, 9.17) is 0 Å². The molecule has 0 atom stereocenters. The fourth-order valence-corrected chi connectivity index (χ4v) is 3.97. The molecule has 2 N–H and O–H groups in total. The molecule has 33 heavy (non-hydrogen) atoms. The smallest absolute Gasteiger partial charge is 0.274 e. The molecule has 10 heteroatoms. The Morgan fingerprint density at radius 1 is 1.09 bits per heavy atom. The highest BCUT2D eigenvalue weighted by Gasteiger charge is 2.19. The van der Waals surface area contributed by atoms with Gasteiger partial charge in [0, 0.05) is 23.0 Å². The molecule has 1 aromatic heterocycles.